The van der Waals surface area contributed by atoms with E-state index in [1.54, 1.807) is 31.2 Å². The highest BCUT2D eigenvalue weighted by Gasteiger charge is 2.24. The normalized spacial score (nSPS) is 15.8. The number of nitrogens with zero attached hydrogens (tertiary/aromatic N) is 1. The summed E-state index contributed by atoms with van der Waals surface area (Å²) in [7, 11) is 0. The van der Waals surface area contributed by atoms with Gasteiger partial charge in [0.15, 0.2) is 0 Å². The molecule has 0 aromatic heterocycles. The van der Waals surface area contributed by atoms with Crippen LogP contribution in [0.1, 0.15) is 44.7 Å². The number of hydrogen-bond acceptors (Lipinski definition) is 4. The molecule has 8 heteroatoms. The van der Waals surface area contributed by atoms with Gasteiger partial charge in [0.05, 0.1) is 11.5 Å². The van der Waals surface area contributed by atoms with E-state index in [0.29, 0.717) is 30.0 Å². The van der Waals surface area contributed by atoms with E-state index in [-0.39, 0.29) is 23.3 Å². The summed E-state index contributed by atoms with van der Waals surface area (Å²) in [6.07, 6.45) is 1.69. The first kappa shape index (κ1) is 25.1. The molecule has 0 unspecified atom stereocenters. The van der Waals surface area contributed by atoms with Crippen LogP contribution in [0.5, 0.6) is 0 Å². The van der Waals surface area contributed by atoms with Gasteiger partial charge in [-0.15, -0.1) is 0 Å². The minimum absolute atomic E-state index is 0.0723. The lowest BCUT2D eigenvalue weighted by Gasteiger charge is -2.31. The number of nitrogens with two attached hydrogens (primary N) is 1. The molecule has 4 rings (SSSR count). The predicted molar refractivity (Wildman–Crippen MR) is 137 cm³/mol. The Kier molecular flexibility index (Phi) is 7.75. The summed E-state index contributed by atoms with van der Waals surface area (Å²) < 4.78 is 14.0. The van der Waals surface area contributed by atoms with Crippen molar-refractivity contribution in [2.24, 2.45) is 11.7 Å². The minimum atomic E-state index is -0.617. The number of para-hydroxylation sites is 1. The van der Waals surface area contributed by atoms with E-state index < -0.39 is 11.7 Å². The SMILES string of the molecule is Cc1ccc(C(=O)Nc2ccccc2CN2CCC[C@H](C(N)=O)C2)cc1NC(=O)c1ccccc1F. The first-order chi connectivity index (χ1) is 17.3. The van der Waals surface area contributed by atoms with E-state index in [1.165, 1.54) is 18.2 Å². The summed E-state index contributed by atoms with van der Waals surface area (Å²) in [5.74, 6) is -1.98. The number of anilines is 2. The lowest BCUT2D eigenvalue weighted by molar-refractivity contribution is -0.123. The highest BCUT2D eigenvalue weighted by Crippen LogP contribution is 2.24. The second-order valence-electron chi connectivity index (χ2n) is 9.05. The molecule has 1 aliphatic rings. The van der Waals surface area contributed by atoms with Crippen molar-refractivity contribution in [2.75, 3.05) is 23.7 Å². The maximum atomic E-state index is 14.0. The molecule has 7 nitrogen and oxygen atoms in total. The van der Waals surface area contributed by atoms with Gasteiger partial charge in [-0.2, -0.15) is 0 Å². The molecule has 1 atom stereocenters. The molecule has 186 valence electrons. The molecule has 0 radical (unpaired) electrons. The van der Waals surface area contributed by atoms with Gasteiger partial charge in [0, 0.05) is 30.0 Å². The molecule has 36 heavy (non-hydrogen) atoms. The van der Waals surface area contributed by atoms with Crippen molar-refractivity contribution in [2.45, 2.75) is 26.3 Å². The summed E-state index contributed by atoms with van der Waals surface area (Å²) in [5.41, 5.74) is 8.55. The maximum Gasteiger partial charge on any atom is 0.258 e. The topological polar surface area (TPSA) is 105 Å². The quantitative estimate of drug-likeness (QED) is 0.460. The van der Waals surface area contributed by atoms with Crippen LogP contribution in [-0.2, 0) is 11.3 Å². The van der Waals surface area contributed by atoms with Gasteiger partial charge in [-0.3, -0.25) is 19.3 Å². The molecule has 4 N–H and O–H groups in total. The Hall–Kier alpha value is -4.04. The van der Waals surface area contributed by atoms with E-state index in [0.717, 1.165) is 30.5 Å². The molecule has 1 fully saturated rings. The molecule has 3 amide bonds. The largest absolute Gasteiger partial charge is 0.369 e. The Bertz CT molecular complexity index is 1290. The molecule has 3 aromatic carbocycles. The number of nitrogens with one attached hydrogen (secondary N) is 2. The van der Waals surface area contributed by atoms with Gasteiger partial charge in [-0.05, 0) is 67.8 Å². The van der Waals surface area contributed by atoms with Crippen LogP contribution in [0.4, 0.5) is 15.8 Å². The third kappa shape index (κ3) is 5.95. The van der Waals surface area contributed by atoms with Gasteiger partial charge >= 0.3 is 0 Å². The number of primary amides is 1. The Morgan fingerprint density at radius 2 is 1.69 bits per heavy atom. The standard InChI is InChI=1S/C28H29FN4O3/c1-18-12-13-19(15-25(18)32-28(36)22-9-3-4-10-23(22)29)27(35)31-24-11-5-2-7-20(24)16-33-14-6-8-21(17-33)26(30)34/h2-5,7,9-13,15,21H,6,8,14,16-17H2,1H3,(H2,30,34)(H,31,35)(H,32,36)/t21-/m0/s1. The Morgan fingerprint density at radius 1 is 0.972 bits per heavy atom. The van der Waals surface area contributed by atoms with E-state index in [2.05, 4.69) is 15.5 Å². The summed E-state index contributed by atoms with van der Waals surface area (Å²) in [6, 6.07) is 18.2. The van der Waals surface area contributed by atoms with E-state index >= 15 is 0 Å². The maximum absolute atomic E-state index is 14.0. The van der Waals surface area contributed by atoms with Gasteiger partial charge in [-0.25, -0.2) is 4.39 Å². The fraction of sp³-hybridized carbons (Fsp3) is 0.250. The zero-order valence-corrected chi connectivity index (χ0v) is 20.1. The van der Waals surface area contributed by atoms with Gasteiger partial charge < -0.3 is 16.4 Å². The van der Waals surface area contributed by atoms with Crippen LogP contribution in [0.15, 0.2) is 66.7 Å². The number of rotatable bonds is 7. The van der Waals surface area contributed by atoms with Crippen LogP contribution in [0, 0.1) is 18.7 Å². The van der Waals surface area contributed by atoms with Crippen LogP contribution in [0.2, 0.25) is 0 Å². The fourth-order valence-corrected chi connectivity index (χ4v) is 4.38. The molecule has 1 heterocycles. The summed E-state index contributed by atoms with van der Waals surface area (Å²) >= 11 is 0. The number of likely N-dealkylation sites (tertiary alicyclic amines) is 1. The summed E-state index contributed by atoms with van der Waals surface area (Å²) in [4.78, 5) is 39.5. The second kappa shape index (κ2) is 11.1. The van der Waals surface area contributed by atoms with E-state index in [9.17, 15) is 18.8 Å². The van der Waals surface area contributed by atoms with E-state index in [4.69, 9.17) is 5.73 Å². The van der Waals surface area contributed by atoms with Crippen molar-refractivity contribution in [1.29, 1.82) is 0 Å². The molecule has 1 saturated heterocycles. The Morgan fingerprint density at radius 3 is 2.47 bits per heavy atom. The fourth-order valence-electron chi connectivity index (χ4n) is 4.38. The molecule has 3 aromatic rings. The van der Waals surface area contributed by atoms with E-state index in [1.807, 2.05) is 24.3 Å². The molecule has 0 aliphatic carbocycles. The molecular formula is C28H29FN4O3. The first-order valence-corrected chi connectivity index (χ1v) is 11.9. The van der Waals surface area contributed by atoms with Crippen molar-refractivity contribution in [3.05, 3.63) is 94.8 Å². The number of halogens is 1. The minimum Gasteiger partial charge on any atom is -0.369 e. The van der Waals surface area contributed by atoms with Crippen molar-refractivity contribution < 1.29 is 18.8 Å². The highest BCUT2D eigenvalue weighted by molar-refractivity contribution is 6.08. The number of carbonyl (C=O) groups is 3. The zero-order valence-electron chi connectivity index (χ0n) is 20.1. The van der Waals surface area contributed by atoms with Crippen molar-refractivity contribution in [3.63, 3.8) is 0 Å². The van der Waals surface area contributed by atoms with Crippen molar-refractivity contribution >= 4 is 29.1 Å². The Labute approximate surface area is 209 Å². The number of aryl methyl sites for hydroxylation is 1. The molecule has 0 spiro atoms. The summed E-state index contributed by atoms with van der Waals surface area (Å²) in [5, 5.41) is 5.66. The average molecular weight is 489 g/mol. The van der Waals surface area contributed by atoms with Gasteiger partial charge in [0.25, 0.3) is 11.8 Å². The lowest BCUT2D eigenvalue weighted by Crippen LogP contribution is -2.40. The first-order valence-electron chi connectivity index (χ1n) is 11.9. The number of benzene rings is 3. The third-order valence-electron chi connectivity index (χ3n) is 6.43. The number of piperidine rings is 1. The summed E-state index contributed by atoms with van der Waals surface area (Å²) in [6.45, 7) is 3.83. The molecule has 0 saturated carbocycles. The van der Waals surface area contributed by atoms with Crippen LogP contribution in [0.3, 0.4) is 0 Å². The highest BCUT2D eigenvalue weighted by atomic mass is 19.1. The predicted octanol–water partition coefficient (Wildman–Crippen LogP) is 4.34. The number of amides is 3. The Balaban J connectivity index is 1.48. The second-order valence-corrected chi connectivity index (χ2v) is 9.05. The zero-order chi connectivity index (χ0) is 25.7. The van der Waals surface area contributed by atoms with Crippen LogP contribution in [-0.4, -0.2) is 35.7 Å². The van der Waals surface area contributed by atoms with Crippen molar-refractivity contribution in [3.8, 4) is 0 Å². The third-order valence-corrected chi connectivity index (χ3v) is 6.43. The van der Waals surface area contributed by atoms with Gasteiger partial charge in [-0.1, -0.05) is 36.4 Å². The number of hydrogen-bond donors (Lipinski definition) is 3. The van der Waals surface area contributed by atoms with Crippen LogP contribution < -0.4 is 16.4 Å². The smallest absolute Gasteiger partial charge is 0.258 e. The lowest BCUT2D eigenvalue weighted by atomic mass is 9.97. The van der Waals surface area contributed by atoms with Gasteiger partial charge in [0.1, 0.15) is 5.82 Å². The number of carbonyl (C=O) groups excluding carboxylic acids is 3. The monoisotopic (exact) mass is 488 g/mol. The van der Waals surface area contributed by atoms with Crippen molar-refractivity contribution in [1.82, 2.24) is 4.90 Å². The molecular weight excluding hydrogens is 459 g/mol. The molecule has 0 bridgehead atoms. The molecule has 1 aliphatic heterocycles. The van der Waals surface area contributed by atoms with Crippen LogP contribution in [0.25, 0.3) is 0 Å². The van der Waals surface area contributed by atoms with Gasteiger partial charge in [0.2, 0.25) is 5.91 Å². The average Bonchev–Trinajstić information content (AvgIpc) is 2.87. The van der Waals surface area contributed by atoms with Crippen LogP contribution >= 0.6 is 0 Å².